The van der Waals surface area contributed by atoms with Crippen LogP contribution in [0.5, 0.6) is 0 Å². The van der Waals surface area contributed by atoms with Gasteiger partial charge in [0.2, 0.25) is 5.95 Å². The van der Waals surface area contributed by atoms with Crippen molar-refractivity contribution in [1.82, 2.24) is 19.4 Å². The number of aromatic nitrogens is 3. The quantitative estimate of drug-likeness (QED) is 0.594. The number of fused-ring (bicyclic) bond motifs is 1. The van der Waals surface area contributed by atoms with Crippen LogP contribution < -0.4 is 10.5 Å². The molecule has 0 N–H and O–H groups in total. The van der Waals surface area contributed by atoms with Crippen LogP contribution in [-0.4, -0.2) is 45.1 Å². The zero-order chi connectivity index (χ0) is 23.0. The van der Waals surface area contributed by atoms with E-state index in [0.717, 1.165) is 37.4 Å². The summed E-state index contributed by atoms with van der Waals surface area (Å²) in [4.78, 5) is 26.7. The lowest BCUT2D eigenvalue weighted by molar-refractivity contribution is 0.0992. The number of rotatable bonds is 5. The van der Waals surface area contributed by atoms with Gasteiger partial charge in [0, 0.05) is 56.7 Å². The molecule has 1 aliphatic carbocycles. The molecule has 3 atom stereocenters. The van der Waals surface area contributed by atoms with Gasteiger partial charge in [-0.1, -0.05) is 37.3 Å². The molecule has 172 valence electrons. The summed E-state index contributed by atoms with van der Waals surface area (Å²) in [6.45, 7) is 4.65. The molecular weight excluding hydrogens is 410 g/mol. The Hall–Kier alpha value is -2.99. The van der Waals surface area contributed by atoms with Crippen molar-refractivity contribution in [2.75, 3.05) is 18.5 Å². The van der Waals surface area contributed by atoms with Crippen molar-refractivity contribution in [2.24, 2.45) is 12.5 Å². The van der Waals surface area contributed by atoms with Gasteiger partial charge in [-0.05, 0) is 55.3 Å². The Bertz CT molecular complexity index is 1160. The number of pyridine rings is 1. The molecular formula is C27H33N5O. The lowest BCUT2D eigenvalue weighted by Crippen LogP contribution is -2.49. The summed E-state index contributed by atoms with van der Waals surface area (Å²) in [5.74, 6) is 0.737. The monoisotopic (exact) mass is 443 g/mol. The number of hydrogen-bond donors (Lipinski definition) is 0. The van der Waals surface area contributed by atoms with Gasteiger partial charge in [0.05, 0.1) is 5.69 Å². The summed E-state index contributed by atoms with van der Waals surface area (Å²) >= 11 is 0. The maximum atomic E-state index is 12.8. The number of likely N-dealkylation sites (tertiary alicyclic amines) is 1. The molecule has 1 aromatic carbocycles. The first kappa shape index (κ1) is 21.8. The molecule has 5 rings (SSSR count). The van der Waals surface area contributed by atoms with Crippen LogP contribution in [0.3, 0.4) is 0 Å². The van der Waals surface area contributed by atoms with Crippen molar-refractivity contribution in [3.63, 3.8) is 0 Å². The third-order valence-corrected chi connectivity index (χ3v) is 7.87. The molecule has 1 aliphatic heterocycles. The highest BCUT2D eigenvalue weighted by molar-refractivity contribution is 5.59. The highest BCUT2D eigenvalue weighted by atomic mass is 16.1. The Morgan fingerprint density at radius 3 is 2.64 bits per heavy atom. The Morgan fingerprint density at radius 1 is 1.12 bits per heavy atom. The van der Waals surface area contributed by atoms with Gasteiger partial charge in [-0.15, -0.1) is 0 Å². The van der Waals surface area contributed by atoms with Gasteiger partial charge in [-0.25, -0.2) is 4.98 Å². The molecule has 2 aromatic heterocycles. The molecule has 0 amide bonds. The first-order valence-corrected chi connectivity index (χ1v) is 11.9. The fourth-order valence-electron chi connectivity index (χ4n) is 5.94. The Kier molecular flexibility index (Phi) is 5.79. The molecule has 0 unspecified atom stereocenters. The maximum absolute atomic E-state index is 12.8. The standard InChI is InChI=1S/C27H33N5O/c1-27-13-16-32(19-20-7-5-4-6-8-20)24(27)10-9-22(18-27)30(2)26-29-23(17-25(33)31(26)3)21-11-14-28-15-12-21/h4-8,11-12,14-15,17,22,24H,9-10,13,16,18-19H2,1-3H3/t22-,24-,27+/m1/s1. The van der Waals surface area contributed by atoms with Gasteiger partial charge in [0.25, 0.3) is 5.56 Å². The van der Waals surface area contributed by atoms with Crippen molar-refractivity contribution in [1.29, 1.82) is 0 Å². The van der Waals surface area contributed by atoms with Crippen molar-refractivity contribution in [3.05, 3.63) is 76.8 Å². The van der Waals surface area contributed by atoms with Crippen LogP contribution >= 0.6 is 0 Å². The number of benzene rings is 1. The second-order valence-electron chi connectivity index (χ2n) is 10.00. The second kappa shape index (κ2) is 8.75. The van der Waals surface area contributed by atoms with Crippen molar-refractivity contribution in [2.45, 2.75) is 51.2 Å². The van der Waals surface area contributed by atoms with Crippen molar-refractivity contribution in [3.8, 4) is 11.3 Å². The summed E-state index contributed by atoms with van der Waals surface area (Å²) in [5.41, 5.74) is 3.27. The fraction of sp³-hybridized carbons (Fsp3) is 0.444. The third kappa shape index (κ3) is 4.20. The van der Waals surface area contributed by atoms with Gasteiger partial charge in [-0.2, -0.15) is 0 Å². The van der Waals surface area contributed by atoms with Crippen LogP contribution in [-0.2, 0) is 13.6 Å². The van der Waals surface area contributed by atoms with Gasteiger partial charge in [0.15, 0.2) is 0 Å². The van der Waals surface area contributed by atoms with Crippen LogP contribution in [0.1, 0.15) is 38.2 Å². The van der Waals surface area contributed by atoms with E-state index in [2.05, 4.69) is 59.1 Å². The SMILES string of the molecule is CN(c1nc(-c2ccncc2)cc(=O)n1C)[C@@H]1CC[C@H]2N(Cc3ccccc3)CC[C@@]2(C)C1. The molecule has 0 bridgehead atoms. The summed E-state index contributed by atoms with van der Waals surface area (Å²) in [6, 6.07) is 17.2. The minimum absolute atomic E-state index is 0.0338. The minimum atomic E-state index is -0.0338. The van der Waals surface area contributed by atoms with Crippen LogP contribution in [0.25, 0.3) is 11.3 Å². The summed E-state index contributed by atoms with van der Waals surface area (Å²) in [6.07, 6.45) is 8.10. The van der Waals surface area contributed by atoms with Crippen LogP contribution in [0, 0.1) is 5.41 Å². The minimum Gasteiger partial charge on any atom is -0.342 e. The molecule has 0 spiro atoms. The van der Waals surface area contributed by atoms with Gasteiger partial charge in [0.1, 0.15) is 0 Å². The van der Waals surface area contributed by atoms with E-state index in [9.17, 15) is 4.79 Å². The molecule has 0 radical (unpaired) electrons. The van der Waals surface area contributed by atoms with Crippen LogP contribution in [0.4, 0.5) is 5.95 Å². The molecule has 33 heavy (non-hydrogen) atoms. The number of hydrogen-bond acceptors (Lipinski definition) is 5. The summed E-state index contributed by atoms with van der Waals surface area (Å²) in [5, 5.41) is 0. The Labute approximate surface area is 195 Å². The largest absolute Gasteiger partial charge is 0.342 e. The average molecular weight is 444 g/mol. The van der Waals surface area contributed by atoms with Gasteiger partial charge < -0.3 is 4.90 Å². The number of nitrogens with zero attached hydrogens (tertiary/aromatic N) is 5. The fourth-order valence-corrected chi connectivity index (χ4v) is 5.94. The lowest BCUT2D eigenvalue weighted by atomic mass is 9.69. The third-order valence-electron chi connectivity index (χ3n) is 7.87. The van der Waals surface area contributed by atoms with Crippen molar-refractivity contribution >= 4 is 5.95 Å². The highest BCUT2D eigenvalue weighted by Crippen LogP contribution is 2.48. The zero-order valence-corrected chi connectivity index (χ0v) is 19.8. The summed E-state index contributed by atoms with van der Waals surface area (Å²) in [7, 11) is 3.92. The second-order valence-corrected chi connectivity index (χ2v) is 10.00. The molecule has 1 saturated heterocycles. The normalized spacial score (nSPS) is 25.1. The van der Waals surface area contributed by atoms with Crippen LogP contribution in [0.15, 0.2) is 65.7 Å². The van der Waals surface area contributed by atoms with Gasteiger partial charge in [-0.3, -0.25) is 19.2 Å². The predicted molar refractivity (Wildman–Crippen MR) is 132 cm³/mol. The van der Waals surface area contributed by atoms with E-state index in [4.69, 9.17) is 4.98 Å². The predicted octanol–water partition coefficient (Wildman–Crippen LogP) is 4.11. The van der Waals surface area contributed by atoms with E-state index in [1.165, 1.54) is 18.4 Å². The topological polar surface area (TPSA) is 54.3 Å². The van der Waals surface area contributed by atoms with E-state index in [1.807, 2.05) is 19.2 Å². The molecule has 2 aliphatic rings. The van der Waals surface area contributed by atoms with Crippen molar-refractivity contribution < 1.29 is 0 Å². The molecule has 6 heteroatoms. The highest BCUT2D eigenvalue weighted by Gasteiger charge is 2.48. The zero-order valence-electron chi connectivity index (χ0n) is 19.8. The first-order chi connectivity index (χ1) is 15.9. The molecule has 1 saturated carbocycles. The van der Waals surface area contributed by atoms with E-state index in [0.29, 0.717) is 17.8 Å². The van der Waals surface area contributed by atoms with Gasteiger partial charge >= 0.3 is 0 Å². The van der Waals surface area contributed by atoms with E-state index >= 15 is 0 Å². The molecule has 3 heterocycles. The average Bonchev–Trinajstić information content (AvgIpc) is 3.16. The molecule has 6 nitrogen and oxygen atoms in total. The Balaban J connectivity index is 1.36. The van der Waals surface area contributed by atoms with E-state index in [-0.39, 0.29) is 11.0 Å². The maximum Gasteiger partial charge on any atom is 0.255 e. The van der Waals surface area contributed by atoms with E-state index < -0.39 is 0 Å². The van der Waals surface area contributed by atoms with Crippen LogP contribution in [0.2, 0.25) is 0 Å². The molecule has 2 fully saturated rings. The van der Waals surface area contributed by atoms with E-state index in [1.54, 1.807) is 23.0 Å². The number of anilines is 1. The molecule has 3 aromatic rings. The summed E-state index contributed by atoms with van der Waals surface area (Å²) < 4.78 is 1.68. The first-order valence-electron chi connectivity index (χ1n) is 11.9. The smallest absolute Gasteiger partial charge is 0.255 e. The Morgan fingerprint density at radius 2 is 1.88 bits per heavy atom. The lowest BCUT2D eigenvalue weighted by Gasteiger charge is -2.46.